The van der Waals surface area contributed by atoms with E-state index in [1.165, 1.54) is 38.6 Å². The van der Waals surface area contributed by atoms with Gasteiger partial charge in [-0.1, -0.05) is 146 Å². The average Bonchev–Trinajstić information content (AvgIpc) is 3.61. The van der Waals surface area contributed by atoms with Gasteiger partial charge in [0.1, 0.15) is 5.58 Å². The van der Waals surface area contributed by atoms with Gasteiger partial charge in [0, 0.05) is 10.8 Å². The Hall–Kier alpha value is -6.90. The summed E-state index contributed by atoms with van der Waals surface area (Å²) in [5.74, 6) is 0.132. The Morgan fingerprint density at radius 1 is 0.327 bits per heavy atom. The molecule has 0 unspecified atom stereocenters. The van der Waals surface area contributed by atoms with Crippen molar-refractivity contribution in [3.05, 3.63) is 188 Å². The van der Waals surface area contributed by atoms with Gasteiger partial charge in [0.25, 0.3) is 0 Å². The molecule has 10 rings (SSSR count). The Morgan fingerprint density at radius 2 is 0.788 bits per heavy atom. The molecule has 1 aromatic heterocycles. The SMILES string of the molecule is Oc1ccc(-c2c3ccccc3c(-c3cc(-c4ccccc4)cc(-c4ccccc4)c3)c3ccccc23)c2c1oc1cc(-c3ccccc3)ccc12. The van der Waals surface area contributed by atoms with Crippen LogP contribution in [0.5, 0.6) is 5.75 Å². The maximum atomic E-state index is 11.2. The van der Waals surface area contributed by atoms with Crippen LogP contribution in [0.3, 0.4) is 0 Å². The van der Waals surface area contributed by atoms with Crippen LogP contribution in [0.15, 0.2) is 192 Å². The molecule has 10 aromatic rings. The molecule has 1 heterocycles. The van der Waals surface area contributed by atoms with E-state index in [1.807, 2.05) is 18.2 Å². The third kappa shape index (κ3) is 4.88. The van der Waals surface area contributed by atoms with E-state index in [2.05, 4.69) is 164 Å². The Bertz CT molecular complexity index is 2830. The number of fused-ring (bicyclic) bond motifs is 5. The van der Waals surface area contributed by atoms with Gasteiger partial charge in [-0.15, -0.1) is 0 Å². The van der Waals surface area contributed by atoms with Crippen molar-refractivity contribution in [2.75, 3.05) is 0 Å². The lowest BCUT2D eigenvalue weighted by Crippen LogP contribution is -1.92. The minimum absolute atomic E-state index is 0.132. The first-order chi connectivity index (χ1) is 25.7. The standard InChI is InChI=1S/C50H32O2/c51-45-27-26-44(49-43-25-24-35(31-46(43)52-50(45)49)32-14-4-1-5-15-32)48-41-22-12-10-20-39(41)47(40-21-11-13-23-42(40)48)38-29-36(33-16-6-2-7-17-33)28-37(30-38)34-18-8-3-9-19-34/h1-31,51H. The normalized spacial score (nSPS) is 11.5. The Labute approximate surface area is 301 Å². The van der Waals surface area contributed by atoms with Crippen LogP contribution < -0.4 is 0 Å². The molecule has 1 N–H and O–H groups in total. The lowest BCUT2D eigenvalue weighted by molar-refractivity contribution is 0.469. The van der Waals surface area contributed by atoms with Crippen molar-refractivity contribution in [2.24, 2.45) is 0 Å². The van der Waals surface area contributed by atoms with Gasteiger partial charge in [0.05, 0.1) is 0 Å². The first-order valence-electron chi connectivity index (χ1n) is 17.6. The number of rotatable bonds is 5. The molecule has 52 heavy (non-hydrogen) atoms. The summed E-state index contributed by atoms with van der Waals surface area (Å²) in [6.45, 7) is 0. The van der Waals surface area contributed by atoms with E-state index < -0.39 is 0 Å². The molecule has 0 saturated heterocycles. The molecular formula is C50H32O2. The second kappa shape index (κ2) is 12.2. The molecule has 0 bridgehead atoms. The van der Waals surface area contributed by atoms with E-state index in [-0.39, 0.29) is 5.75 Å². The summed E-state index contributed by atoms with van der Waals surface area (Å²) < 4.78 is 6.49. The number of furan rings is 1. The monoisotopic (exact) mass is 664 g/mol. The van der Waals surface area contributed by atoms with Gasteiger partial charge >= 0.3 is 0 Å². The summed E-state index contributed by atoms with van der Waals surface area (Å²) in [7, 11) is 0. The lowest BCUT2D eigenvalue weighted by atomic mass is 9.83. The molecule has 0 saturated carbocycles. The molecule has 244 valence electrons. The average molecular weight is 665 g/mol. The third-order valence-corrected chi connectivity index (χ3v) is 10.3. The van der Waals surface area contributed by atoms with Gasteiger partial charge < -0.3 is 9.52 Å². The van der Waals surface area contributed by atoms with Crippen LogP contribution in [0.4, 0.5) is 0 Å². The highest BCUT2D eigenvalue weighted by molar-refractivity contribution is 6.26. The van der Waals surface area contributed by atoms with Crippen molar-refractivity contribution in [3.8, 4) is 61.4 Å². The third-order valence-electron chi connectivity index (χ3n) is 10.3. The van der Waals surface area contributed by atoms with Crippen LogP contribution in [0, 0.1) is 0 Å². The van der Waals surface area contributed by atoms with E-state index in [0.29, 0.717) is 5.58 Å². The summed E-state index contributed by atoms with van der Waals surface area (Å²) in [6.07, 6.45) is 0. The van der Waals surface area contributed by atoms with Crippen LogP contribution >= 0.6 is 0 Å². The lowest BCUT2D eigenvalue weighted by Gasteiger charge is -2.19. The van der Waals surface area contributed by atoms with Crippen LogP contribution in [-0.2, 0) is 0 Å². The predicted molar refractivity (Wildman–Crippen MR) is 218 cm³/mol. The summed E-state index contributed by atoms with van der Waals surface area (Å²) in [5, 5.41) is 17.7. The van der Waals surface area contributed by atoms with Crippen molar-refractivity contribution in [1.82, 2.24) is 0 Å². The molecular weight excluding hydrogens is 633 g/mol. The van der Waals surface area contributed by atoms with Gasteiger partial charge in [-0.2, -0.15) is 0 Å². The Balaban J connectivity index is 1.27. The number of phenolic OH excluding ortho intramolecular Hbond substituents is 1. The van der Waals surface area contributed by atoms with Crippen molar-refractivity contribution < 1.29 is 9.52 Å². The van der Waals surface area contributed by atoms with E-state index in [9.17, 15) is 5.11 Å². The second-order valence-electron chi connectivity index (χ2n) is 13.4. The number of hydrogen-bond donors (Lipinski definition) is 1. The van der Waals surface area contributed by atoms with Crippen molar-refractivity contribution in [1.29, 1.82) is 0 Å². The van der Waals surface area contributed by atoms with Gasteiger partial charge in [0.2, 0.25) is 0 Å². The molecule has 9 aromatic carbocycles. The second-order valence-corrected chi connectivity index (χ2v) is 13.4. The maximum absolute atomic E-state index is 11.2. The van der Waals surface area contributed by atoms with Crippen LogP contribution in [0.25, 0.3) is 99.1 Å². The number of hydrogen-bond acceptors (Lipinski definition) is 2. The largest absolute Gasteiger partial charge is 0.504 e. The number of benzene rings is 9. The highest BCUT2D eigenvalue weighted by Crippen LogP contribution is 2.49. The molecule has 2 nitrogen and oxygen atoms in total. The van der Waals surface area contributed by atoms with Crippen molar-refractivity contribution in [2.45, 2.75) is 0 Å². The predicted octanol–water partition coefficient (Wildman–Crippen LogP) is 13.9. The molecule has 0 radical (unpaired) electrons. The molecule has 0 spiro atoms. The first kappa shape index (κ1) is 30.0. The smallest absolute Gasteiger partial charge is 0.177 e. The van der Waals surface area contributed by atoms with Gasteiger partial charge in [-0.25, -0.2) is 0 Å². The number of aromatic hydroxyl groups is 1. The van der Waals surface area contributed by atoms with E-state index in [0.717, 1.165) is 54.9 Å². The van der Waals surface area contributed by atoms with Gasteiger partial charge in [-0.05, 0) is 120 Å². The zero-order valence-corrected chi connectivity index (χ0v) is 28.3. The zero-order chi connectivity index (χ0) is 34.6. The topological polar surface area (TPSA) is 33.4 Å². The van der Waals surface area contributed by atoms with Crippen LogP contribution in [-0.4, -0.2) is 5.11 Å². The van der Waals surface area contributed by atoms with Gasteiger partial charge in [0.15, 0.2) is 11.3 Å². The molecule has 0 fully saturated rings. The summed E-state index contributed by atoms with van der Waals surface area (Å²) in [4.78, 5) is 0. The highest BCUT2D eigenvalue weighted by Gasteiger charge is 2.22. The molecule has 0 atom stereocenters. The van der Waals surface area contributed by atoms with Crippen molar-refractivity contribution >= 4 is 43.5 Å². The molecule has 0 aliphatic carbocycles. The quantitative estimate of drug-likeness (QED) is 0.186. The molecule has 0 amide bonds. The zero-order valence-electron chi connectivity index (χ0n) is 28.3. The highest BCUT2D eigenvalue weighted by atomic mass is 16.4. The number of phenols is 1. The molecule has 0 aliphatic heterocycles. The fraction of sp³-hybridized carbons (Fsp3) is 0. The summed E-state index contributed by atoms with van der Waals surface area (Å²) in [5.41, 5.74) is 12.7. The molecule has 2 heteroatoms. The first-order valence-corrected chi connectivity index (χ1v) is 17.6. The van der Waals surface area contributed by atoms with Crippen LogP contribution in [0.1, 0.15) is 0 Å². The van der Waals surface area contributed by atoms with E-state index in [4.69, 9.17) is 4.42 Å². The van der Waals surface area contributed by atoms with Gasteiger partial charge in [-0.3, -0.25) is 0 Å². The van der Waals surface area contributed by atoms with Crippen LogP contribution in [0.2, 0.25) is 0 Å². The van der Waals surface area contributed by atoms with Crippen molar-refractivity contribution in [3.63, 3.8) is 0 Å². The molecule has 0 aliphatic rings. The van der Waals surface area contributed by atoms with E-state index >= 15 is 0 Å². The fourth-order valence-corrected chi connectivity index (χ4v) is 7.98. The Morgan fingerprint density at radius 3 is 1.33 bits per heavy atom. The summed E-state index contributed by atoms with van der Waals surface area (Å²) >= 11 is 0. The van der Waals surface area contributed by atoms with E-state index in [1.54, 1.807) is 6.07 Å². The summed E-state index contributed by atoms with van der Waals surface area (Å²) in [6, 6.07) is 66.2. The fourth-order valence-electron chi connectivity index (χ4n) is 7.98. The Kier molecular flexibility index (Phi) is 7.00. The minimum Gasteiger partial charge on any atom is -0.504 e. The maximum Gasteiger partial charge on any atom is 0.177 e. The minimum atomic E-state index is 0.132.